The maximum atomic E-state index is 11.6. The van der Waals surface area contributed by atoms with E-state index in [4.69, 9.17) is 43.8 Å². The quantitative estimate of drug-likeness (QED) is 0.248. The molecule has 7 nitrogen and oxygen atoms in total. The normalized spacial score (nSPS) is 10.6. The van der Waals surface area contributed by atoms with Crippen LogP contribution in [-0.2, 0) is 11.2 Å². The van der Waals surface area contributed by atoms with Crippen LogP contribution in [0.5, 0.6) is 11.5 Å². The summed E-state index contributed by atoms with van der Waals surface area (Å²) in [7, 11) is 3.02. The highest BCUT2D eigenvalue weighted by Crippen LogP contribution is 2.41. The molecular formula is C23H24Cl2N4O3. The number of nitrogens with one attached hydrogen (secondary N) is 3. The third-order valence-corrected chi connectivity index (χ3v) is 5.12. The van der Waals surface area contributed by atoms with Crippen molar-refractivity contribution >= 4 is 46.3 Å². The number of hydrogen-bond donors (Lipinski definition) is 4. The molecule has 1 amide bonds. The van der Waals surface area contributed by atoms with Gasteiger partial charge in [0.1, 0.15) is 17.3 Å². The average Bonchev–Trinajstić information content (AvgIpc) is 2.74. The van der Waals surface area contributed by atoms with Crippen LogP contribution in [0.2, 0.25) is 10.0 Å². The van der Waals surface area contributed by atoms with Gasteiger partial charge in [0.25, 0.3) is 5.91 Å². The molecule has 2 aromatic rings. The van der Waals surface area contributed by atoms with E-state index in [0.29, 0.717) is 57.0 Å². The second kappa shape index (κ2) is 11.9. The van der Waals surface area contributed by atoms with Crippen molar-refractivity contribution in [2.24, 2.45) is 5.73 Å². The van der Waals surface area contributed by atoms with Crippen molar-refractivity contribution in [3.63, 3.8) is 0 Å². The van der Waals surface area contributed by atoms with Gasteiger partial charge in [0.2, 0.25) is 0 Å². The highest BCUT2D eigenvalue weighted by Gasteiger charge is 2.17. The SMILES string of the molecule is CC#CC(=O)Nc1cccc(NC(=N)/C=C(\N)CCc2c(Cl)c(OC)cc(OC)c2Cl)c1. The van der Waals surface area contributed by atoms with Crippen molar-refractivity contribution in [2.45, 2.75) is 19.8 Å². The summed E-state index contributed by atoms with van der Waals surface area (Å²) in [5.41, 5.74) is 8.39. The maximum absolute atomic E-state index is 11.6. The number of carbonyl (C=O) groups is 1. The van der Waals surface area contributed by atoms with Gasteiger partial charge in [-0.3, -0.25) is 10.2 Å². The molecule has 0 aromatic heterocycles. The molecule has 0 aliphatic heterocycles. The van der Waals surface area contributed by atoms with E-state index in [1.54, 1.807) is 37.3 Å². The van der Waals surface area contributed by atoms with Crippen molar-refractivity contribution in [1.29, 1.82) is 5.41 Å². The second-order valence-corrected chi connectivity index (χ2v) is 7.31. The summed E-state index contributed by atoms with van der Waals surface area (Å²) in [6.45, 7) is 1.59. The van der Waals surface area contributed by atoms with E-state index in [9.17, 15) is 4.79 Å². The van der Waals surface area contributed by atoms with Crippen LogP contribution in [0.15, 0.2) is 42.1 Å². The van der Waals surface area contributed by atoms with Crippen LogP contribution in [0, 0.1) is 17.3 Å². The fourth-order valence-electron chi connectivity index (χ4n) is 2.83. The minimum atomic E-state index is -0.407. The molecule has 0 heterocycles. The molecule has 0 radical (unpaired) electrons. The number of carbonyl (C=O) groups excluding carboxylic acids is 1. The Balaban J connectivity index is 2.06. The van der Waals surface area contributed by atoms with Gasteiger partial charge in [-0.1, -0.05) is 35.2 Å². The number of nitrogens with two attached hydrogens (primary N) is 1. The second-order valence-electron chi connectivity index (χ2n) is 6.56. The first-order valence-corrected chi connectivity index (χ1v) is 10.3. The van der Waals surface area contributed by atoms with Gasteiger partial charge in [-0.25, -0.2) is 0 Å². The molecule has 5 N–H and O–H groups in total. The number of hydrogen-bond acceptors (Lipinski definition) is 5. The minimum Gasteiger partial charge on any atom is -0.495 e. The van der Waals surface area contributed by atoms with Gasteiger partial charge in [0.15, 0.2) is 0 Å². The van der Waals surface area contributed by atoms with Gasteiger partial charge in [0, 0.05) is 23.1 Å². The molecule has 2 rings (SSSR count). The van der Waals surface area contributed by atoms with Gasteiger partial charge in [-0.2, -0.15) is 0 Å². The van der Waals surface area contributed by atoms with Gasteiger partial charge in [-0.05, 0) is 55.5 Å². The Morgan fingerprint density at radius 3 is 2.28 bits per heavy atom. The Bertz CT molecular complexity index is 1080. The Labute approximate surface area is 197 Å². The van der Waals surface area contributed by atoms with E-state index < -0.39 is 5.91 Å². The molecule has 32 heavy (non-hydrogen) atoms. The predicted octanol–water partition coefficient (Wildman–Crippen LogP) is 4.84. The first-order valence-electron chi connectivity index (χ1n) is 9.53. The van der Waals surface area contributed by atoms with Gasteiger partial charge in [0.05, 0.1) is 24.3 Å². The lowest BCUT2D eigenvalue weighted by Gasteiger charge is -2.14. The van der Waals surface area contributed by atoms with Crippen molar-refractivity contribution in [3.8, 4) is 23.3 Å². The molecular weight excluding hydrogens is 451 g/mol. The molecule has 0 aliphatic rings. The first kappa shape index (κ1) is 24.9. The van der Waals surface area contributed by atoms with E-state index in [1.165, 1.54) is 20.3 Å². The Morgan fingerprint density at radius 2 is 1.72 bits per heavy atom. The number of anilines is 2. The molecule has 0 atom stereocenters. The van der Waals surface area contributed by atoms with Crippen molar-refractivity contribution < 1.29 is 14.3 Å². The van der Waals surface area contributed by atoms with Crippen LogP contribution >= 0.6 is 23.2 Å². The zero-order valence-corrected chi connectivity index (χ0v) is 19.4. The number of halogens is 2. The Morgan fingerprint density at radius 1 is 1.12 bits per heavy atom. The number of amides is 1. The number of rotatable bonds is 8. The van der Waals surface area contributed by atoms with Crippen molar-refractivity contribution in [2.75, 3.05) is 24.9 Å². The van der Waals surface area contributed by atoms with Crippen LogP contribution in [0.25, 0.3) is 0 Å². The molecule has 0 saturated heterocycles. The zero-order valence-electron chi connectivity index (χ0n) is 17.9. The number of amidine groups is 1. The van der Waals surface area contributed by atoms with E-state index in [1.807, 2.05) is 0 Å². The molecule has 0 aliphatic carbocycles. The summed E-state index contributed by atoms with van der Waals surface area (Å²) in [6.07, 6.45) is 2.35. The summed E-state index contributed by atoms with van der Waals surface area (Å²) in [5.74, 6) is 5.53. The number of methoxy groups -OCH3 is 2. The van der Waals surface area contributed by atoms with Crippen LogP contribution in [-0.4, -0.2) is 26.0 Å². The van der Waals surface area contributed by atoms with E-state index in [0.717, 1.165) is 0 Å². The smallest absolute Gasteiger partial charge is 0.300 e. The van der Waals surface area contributed by atoms with Crippen molar-refractivity contribution in [3.05, 3.63) is 57.7 Å². The minimum absolute atomic E-state index is 0.0831. The van der Waals surface area contributed by atoms with E-state index in [-0.39, 0.29) is 5.84 Å². The molecule has 0 spiro atoms. The third-order valence-electron chi connectivity index (χ3n) is 4.30. The standard InChI is InChI=1S/C23H24Cl2N4O3/c1-4-6-21(30)29-16-8-5-7-15(12-16)28-20(27)11-14(26)9-10-17-22(24)18(31-2)13-19(32-3)23(17)25/h5,7-8,11-13H,9-10,26H2,1-3H3,(H2,27,28)(H,29,30)/b14-11-. The summed E-state index contributed by atoms with van der Waals surface area (Å²) < 4.78 is 10.5. The summed E-state index contributed by atoms with van der Waals surface area (Å²) in [5, 5.41) is 14.5. The number of allylic oxidation sites excluding steroid dienone is 1. The van der Waals surface area contributed by atoms with Crippen LogP contribution in [0.4, 0.5) is 11.4 Å². The highest BCUT2D eigenvalue weighted by molar-refractivity contribution is 6.37. The third kappa shape index (κ3) is 6.84. The lowest BCUT2D eigenvalue weighted by atomic mass is 10.1. The zero-order chi connectivity index (χ0) is 23.7. The van der Waals surface area contributed by atoms with Crippen LogP contribution in [0.3, 0.4) is 0 Å². The van der Waals surface area contributed by atoms with Crippen LogP contribution < -0.4 is 25.8 Å². The predicted molar refractivity (Wildman–Crippen MR) is 130 cm³/mol. The summed E-state index contributed by atoms with van der Waals surface area (Å²) >= 11 is 12.8. The van der Waals surface area contributed by atoms with Gasteiger partial charge >= 0.3 is 0 Å². The lowest BCUT2D eigenvalue weighted by Crippen LogP contribution is -2.12. The maximum Gasteiger partial charge on any atom is 0.300 e. The lowest BCUT2D eigenvalue weighted by molar-refractivity contribution is -0.111. The Kier molecular flexibility index (Phi) is 9.26. The van der Waals surface area contributed by atoms with E-state index in [2.05, 4.69) is 22.5 Å². The largest absolute Gasteiger partial charge is 0.495 e. The molecule has 0 unspecified atom stereocenters. The Hall–Kier alpha value is -3.34. The number of benzene rings is 2. The van der Waals surface area contributed by atoms with Gasteiger partial charge < -0.3 is 25.8 Å². The number of ether oxygens (including phenoxy) is 2. The fourth-order valence-corrected chi connectivity index (χ4v) is 3.51. The van der Waals surface area contributed by atoms with Gasteiger partial charge in [-0.15, -0.1) is 0 Å². The molecule has 0 saturated carbocycles. The monoisotopic (exact) mass is 474 g/mol. The van der Waals surface area contributed by atoms with Crippen LogP contribution in [0.1, 0.15) is 18.9 Å². The van der Waals surface area contributed by atoms with Crippen molar-refractivity contribution in [1.82, 2.24) is 0 Å². The summed E-state index contributed by atoms with van der Waals surface area (Å²) in [4.78, 5) is 11.6. The highest BCUT2D eigenvalue weighted by atomic mass is 35.5. The molecule has 2 aromatic carbocycles. The summed E-state index contributed by atoms with van der Waals surface area (Å²) in [6, 6.07) is 8.55. The molecule has 0 fully saturated rings. The fraction of sp³-hybridized carbons (Fsp3) is 0.217. The molecule has 0 bridgehead atoms. The molecule has 9 heteroatoms. The molecule has 168 valence electrons. The van der Waals surface area contributed by atoms with E-state index >= 15 is 0 Å². The first-order chi connectivity index (χ1) is 15.3. The topological polar surface area (TPSA) is 109 Å². The average molecular weight is 475 g/mol.